The van der Waals surface area contributed by atoms with Gasteiger partial charge in [-0.25, -0.2) is 0 Å². The zero-order chi connectivity index (χ0) is 18.8. The first kappa shape index (κ1) is 21.5. The van der Waals surface area contributed by atoms with Crippen molar-refractivity contribution in [2.75, 3.05) is 29.9 Å². The van der Waals surface area contributed by atoms with Crippen LogP contribution in [0.25, 0.3) is 0 Å². The molecule has 2 N–H and O–H groups in total. The van der Waals surface area contributed by atoms with E-state index in [9.17, 15) is 9.59 Å². The van der Waals surface area contributed by atoms with Crippen molar-refractivity contribution < 1.29 is 9.59 Å². The molecule has 0 aromatic heterocycles. The van der Waals surface area contributed by atoms with Crippen molar-refractivity contribution in [2.45, 2.75) is 46.7 Å². The summed E-state index contributed by atoms with van der Waals surface area (Å²) < 4.78 is 0. The lowest BCUT2D eigenvalue weighted by molar-refractivity contribution is -0.118. The van der Waals surface area contributed by atoms with Crippen molar-refractivity contribution >= 4 is 29.3 Å². The van der Waals surface area contributed by atoms with Crippen LogP contribution in [-0.4, -0.2) is 53.4 Å². The first-order valence-electron chi connectivity index (χ1n) is 8.76. The minimum absolute atomic E-state index is 0.0270. The van der Waals surface area contributed by atoms with Gasteiger partial charge in [0.15, 0.2) is 0 Å². The molecule has 0 saturated carbocycles. The summed E-state index contributed by atoms with van der Waals surface area (Å²) >= 11 is 1.33. The Morgan fingerprint density at radius 2 is 1.72 bits per heavy atom. The van der Waals surface area contributed by atoms with Crippen LogP contribution < -0.4 is 10.6 Å². The standard InChI is InChI=1S/C19H31N3O2S/c1-14(2)22(15(3)4)10-9-20-18(23)12-25-13-19(24)21-17-8-6-7-16(5)11-17/h6-8,11,14-15H,9-10,12-13H2,1-5H3,(H,20,23)(H,21,24). The lowest BCUT2D eigenvalue weighted by atomic mass is 10.2. The molecular weight excluding hydrogens is 334 g/mol. The monoisotopic (exact) mass is 365 g/mol. The third kappa shape index (κ3) is 8.93. The van der Waals surface area contributed by atoms with Crippen molar-refractivity contribution in [2.24, 2.45) is 0 Å². The summed E-state index contributed by atoms with van der Waals surface area (Å²) in [5.41, 5.74) is 1.89. The van der Waals surface area contributed by atoms with Gasteiger partial charge in [0.2, 0.25) is 11.8 Å². The summed E-state index contributed by atoms with van der Waals surface area (Å²) in [4.78, 5) is 26.1. The van der Waals surface area contributed by atoms with Crippen LogP contribution in [0.3, 0.4) is 0 Å². The van der Waals surface area contributed by atoms with Crippen LogP contribution in [0.5, 0.6) is 0 Å². The highest BCUT2D eigenvalue weighted by molar-refractivity contribution is 8.00. The second-order valence-corrected chi connectivity index (χ2v) is 7.67. The molecule has 0 radical (unpaired) electrons. The fraction of sp³-hybridized carbons (Fsp3) is 0.579. The smallest absolute Gasteiger partial charge is 0.234 e. The molecule has 0 aliphatic rings. The largest absolute Gasteiger partial charge is 0.354 e. The number of aryl methyl sites for hydroxylation is 1. The van der Waals surface area contributed by atoms with Gasteiger partial charge in [-0.3, -0.25) is 14.5 Å². The Bertz CT molecular complexity index is 553. The number of anilines is 1. The average molecular weight is 366 g/mol. The molecule has 0 saturated heterocycles. The molecule has 0 bridgehead atoms. The number of amides is 2. The molecule has 0 spiro atoms. The van der Waals surface area contributed by atoms with Gasteiger partial charge in [0.1, 0.15) is 0 Å². The summed E-state index contributed by atoms with van der Waals surface area (Å²) in [5, 5.41) is 5.76. The third-order valence-corrected chi connectivity index (χ3v) is 4.72. The molecule has 0 fully saturated rings. The number of rotatable bonds is 10. The highest BCUT2D eigenvalue weighted by atomic mass is 32.2. The molecule has 6 heteroatoms. The van der Waals surface area contributed by atoms with E-state index in [1.54, 1.807) is 0 Å². The summed E-state index contributed by atoms with van der Waals surface area (Å²) in [7, 11) is 0. The summed E-state index contributed by atoms with van der Waals surface area (Å²) in [6.45, 7) is 12.1. The Kier molecular flexibility index (Phi) is 9.60. The van der Waals surface area contributed by atoms with Gasteiger partial charge < -0.3 is 10.6 Å². The summed E-state index contributed by atoms with van der Waals surface area (Å²) in [5.74, 6) is 0.450. The van der Waals surface area contributed by atoms with E-state index < -0.39 is 0 Å². The predicted octanol–water partition coefficient (Wildman–Crippen LogP) is 2.90. The van der Waals surface area contributed by atoms with Crippen molar-refractivity contribution in [3.05, 3.63) is 29.8 Å². The zero-order valence-electron chi connectivity index (χ0n) is 16.0. The third-order valence-electron chi connectivity index (χ3n) is 3.79. The molecular formula is C19H31N3O2S. The quantitative estimate of drug-likeness (QED) is 0.669. The Labute approximate surface area is 155 Å². The number of carbonyl (C=O) groups is 2. The molecule has 1 rings (SSSR count). The molecule has 5 nitrogen and oxygen atoms in total. The minimum Gasteiger partial charge on any atom is -0.354 e. The summed E-state index contributed by atoms with van der Waals surface area (Å²) in [6.07, 6.45) is 0. The van der Waals surface area contributed by atoms with Crippen LogP contribution in [0.2, 0.25) is 0 Å². The van der Waals surface area contributed by atoms with Crippen LogP contribution in [0, 0.1) is 6.92 Å². The Hall–Kier alpha value is -1.53. The lowest BCUT2D eigenvalue weighted by Gasteiger charge is -2.30. The van der Waals surface area contributed by atoms with E-state index in [1.165, 1.54) is 11.8 Å². The predicted molar refractivity (Wildman–Crippen MR) is 107 cm³/mol. The van der Waals surface area contributed by atoms with Crippen LogP contribution in [0.1, 0.15) is 33.3 Å². The van der Waals surface area contributed by atoms with Gasteiger partial charge >= 0.3 is 0 Å². The molecule has 0 atom stereocenters. The van der Waals surface area contributed by atoms with E-state index in [0.717, 1.165) is 17.8 Å². The van der Waals surface area contributed by atoms with Crippen LogP contribution >= 0.6 is 11.8 Å². The van der Waals surface area contributed by atoms with Gasteiger partial charge in [-0.1, -0.05) is 12.1 Å². The Morgan fingerprint density at radius 3 is 2.32 bits per heavy atom. The topological polar surface area (TPSA) is 61.4 Å². The number of nitrogens with one attached hydrogen (secondary N) is 2. The maximum Gasteiger partial charge on any atom is 0.234 e. The van der Waals surface area contributed by atoms with Gasteiger partial charge in [0.25, 0.3) is 0 Å². The zero-order valence-corrected chi connectivity index (χ0v) is 16.8. The normalized spacial score (nSPS) is 11.2. The van der Waals surface area contributed by atoms with Crippen molar-refractivity contribution in [1.82, 2.24) is 10.2 Å². The molecule has 140 valence electrons. The van der Waals surface area contributed by atoms with E-state index in [4.69, 9.17) is 0 Å². The number of thioether (sulfide) groups is 1. The summed E-state index contributed by atoms with van der Waals surface area (Å²) in [6, 6.07) is 8.58. The Balaban J connectivity index is 2.20. The van der Waals surface area contributed by atoms with Crippen LogP contribution in [-0.2, 0) is 9.59 Å². The van der Waals surface area contributed by atoms with E-state index in [2.05, 4.69) is 43.2 Å². The fourth-order valence-electron chi connectivity index (χ4n) is 2.64. The van der Waals surface area contributed by atoms with Gasteiger partial charge in [0, 0.05) is 30.9 Å². The van der Waals surface area contributed by atoms with Crippen molar-refractivity contribution in [3.63, 3.8) is 0 Å². The molecule has 0 aliphatic heterocycles. The first-order chi connectivity index (χ1) is 11.8. The average Bonchev–Trinajstić information content (AvgIpc) is 2.50. The molecule has 25 heavy (non-hydrogen) atoms. The second kappa shape index (κ2) is 11.2. The molecule has 2 amide bonds. The van der Waals surface area contributed by atoms with Gasteiger partial charge in [-0.15, -0.1) is 11.8 Å². The lowest BCUT2D eigenvalue weighted by Crippen LogP contribution is -2.42. The van der Waals surface area contributed by atoms with Gasteiger partial charge in [0.05, 0.1) is 11.5 Å². The maximum absolute atomic E-state index is 11.9. The van der Waals surface area contributed by atoms with E-state index >= 15 is 0 Å². The molecule has 1 aromatic carbocycles. The van der Waals surface area contributed by atoms with Crippen LogP contribution in [0.15, 0.2) is 24.3 Å². The molecule has 0 aliphatic carbocycles. The van der Waals surface area contributed by atoms with Crippen molar-refractivity contribution in [3.8, 4) is 0 Å². The van der Waals surface area contributed by atoms with Crippen molar-refractivity contribution in [1.29, 1.82) is 0 Å². The Morgan fingerprint density at radius 1 is 1.08 bits per heavy atom. The first-order valence-corrected chi connectivity index (χ1v) is 9.91. The number of benzene rings is 1. The maximum atomic E-state index is 11.9. The number of hydrogen-bond acceptors (Lipinski definition) is 4. The van der Waals surface area contributed by atoms with E-state index in [0.29, 0.717) is 24.4 Å². The highest BCUT2D eigenvalue weighted by Gasteiger charge is 2.13. The van der Waals surface area contributed by atoms with E-state index in [-0.39, 0.29) is 17.6 Å². The van der Waals surface area contributed by atoms with Gasteiger partial charge in [-0.05, 0) is 52.3 Å². The van der Waals surface area contributed by atoms with Gasteiger partial charge in [-0.2, -0.15) is 0 Å². The van der Waals surface area contributed by atoms with Crippen LogP contribution in [0.4, 0.5) is 5.69 Å². The molecule has 1 aromatic rings. The number of nitrogens with zero attached hydrogens (tertiary/aromatic N) is 1. The highest BCUT2D eigenvalue weighted by Crippen LogP contribution is 2.10. The number of hydrogen-bond donors (Lipinski definition) is 2. The molecule has 0 heterocycles. The number of carbonyl (C=O) groups excluding carboxylic acids is 2. The molecule has 0 unspecified atom stereocenters. The second-order valence-electron chi connectivity index (χ2n) is 6.69. The SMILES string of the molecule is Cc1cccc(NC(=O)CSCC(=O)NCCN(C(C)C)C(C)C)c1. The van der Waals surface area contributed by atoms with E-state index in [1.807, 2.05) is 31.2 Å². The fourth-order valence-corrected chi connectivity index (χ4v) is 3.29. The minimum atomic E-state index is -0.0887.